The molecule has 2 fully saturated rings. The van der Waals surface area contributed by atoms with Gasteiger partial charge in [-0.2, -0.15) is 11.8 Å². The molecule has 0 radical (unpaired) electrons. The van der Waals surface area contributed by atoms with Gasteiger partial charge in [-0.15, -0.1) is 0 Å². The Hall–Kier alpha value is -1.68. The Morgan fingerprint density at radius 1 is 1.25 bits per heavy atom. The second-order valence-electron chi connectivity index (χ2n) is 7.29. The first-order chi connectivity index (χ1) is 11.7. The highest BCUT2D eigenvalue weighted by Gasteiger charge is 2.69. The van der Waals surface area contributed by atoms with Gasteiger partial charge in [0.05, 0.1) is 12.5 Å². The van der Waals surface area contributed by atoms with Gasteiger partial charge in [0.1, 0.15) is 0 Å². The number of rotatable bonds is 2. The lowest BCUT2D eigenvalue weighted by molar-refractivity contribution is -0.157. The van der Waals surface area contributed by atoms with Crippen molar-refractivity contribution in [2.45, 2.75) is 35.8 Å². The van der Waals surface area contributed by atoms with Gasteiger partial charge >= 0.3 is 5.97 Å². The van der Waals surface area contributed by atoms with Gasteiger partial charge in [-0.3, -0.25) is 4.79 Å². The van der Waals surface area contributed by atoms with Gasteiger partial charge in [-0.1, -0.05) is 30.3 Å². The Morgan fingerprint density at radius 2 is 2.08 bits per heavy atom. The zero-order valence-electron chi connectivity index (χ0n) is 13.7. The van der Waals surface area contributed by atoms with E-state index in [2.05, 4.69) is 47.7 Å². The highest BCUT2D eigenvalue weighted by Crippen LogP contribution is 2.70. The maximum absolute atomic E-state index is 13.0. The van der Waals surface area contributed by atoms with E-state index in [1.54, 1.807) is 7.11 Å². The highest BCUT2D eigenvalue weighted by atomic mass is 32.2. The maximum atomic E-state index is 13.0. The predicted octanol–water partition coefficient (Wildman–Crippen LogP) is 3.86. The molecule has 6 rings (SSSR count). The Balaban J connectivity index is 1.82. The summed E-state index contributed by atoms with van der Waals surface area (Å²) in [5, 5.41) is 0.266. The zero-order valence-corrected chi connectivity index (χ0v) is 14.6. The molecule has 1 saturated carbocycles. The Bertz CT molecular complexity index is 801. The average molecular weight is 339 g/mol. The van der Waals surface area contributed by atoms with E-state index in [0.29, 0.717) is 0 Å². The predicted molar refractivity (Wildman–Crippen MR) is 95.3 cm³/mol. The van der Waals surface area contributed by atoms with Crippen LogP contribution in [0.5, 0.6) is 0 Å². The van der Waals surface area contributed by atoms with Crippen molar-refractivity contribution in [1.82, 2.24) is 4.98 Å². The van der Waals surface area contributed by atoms with E-state index in [1.807, 2.05) is 11.8 Å². The zero-order chi connectivity index (χ0) is 16.4. The molecular weight excluding hydrogens is 318 g/mol. The molecule has 2 bridgehead atoms. The summed E-state index contributed by atoms with van der Waals surface area (Å²) in [7, 11) is 1.55. The van der Waals surface area contributed by atoms with Gasteiger partial charge in [0, 0.05) is 29.0 Å². The summed E-state index contributed by atoms with van der Waals surface area (Å²) < 4.78 is 5.36. The number of nitrogens with one attached hydrogen (secondary N) is 1. The number of aromatic nitrogens is 1. The number of carbonyl (C=O) groups is 1. The van der Waals surface area contributed by atoms with E-state index < -0.39 is 0 Å². The molecule has 3 aliphatic carbocycles. The molecule has 24 heavy (non-hydrogen) atoms. The lowest BCUT2D eigenvalue weighted by atomic mass is 9.46. The van der Waals surface area contributed by atoms with Crippen molar-refractivity contribution in [2.24, 2.45) is 5.41 Å². The standard InChI is InChI=1S/C20H21NO2S/c1-23-18(22)20-9-10-24-17(20)19(13-5-3-2-4-6-13)8-7-15(20)14-11-21-12-16(14)19/h2-6,11-12,15,17,21H,7-10H2,1H3. The number of thioether (sulfide) groups is 1. The van der Waals surface area contributed by atoms with Crippen LogP contribution in [0.25, 0.3) is 0 Å². The molecule has 4 unspecified atom stereocenters. The Labute approximate surface area is 146 Å². The lowest BCUT2D eigenvalue weighted by Crippen LogP contribution is -2.60. The normalized spacial score (nSPS) is 36.2. The van der Waals surface area contributed by atoms with Crippen molar-refractivity contribution in [1.29, 1.82) is 0 Å². The number of hydrogen-bond donors (Lipinski definition) is 1. The molecular formula is C20H21NO2S. The number of benzene rings is 1. The van der Waals surface area contributed by atoms with E-state index >= 15 is 0 Å². The topological polar surface area (TPSA) is 42.1 Å². The van der Waals surface area contributed by atoms with Gasteiger partial charge in [0.2, 0.25) is 0 Å². The van der Waals surface area contributed by atoms with Crippen LogP contribution < -0.4 is 0 Å². The number of ether oxygens (including phenoxy) is 1. The number of fused-ring (bicyclic) bond motifs is 1. The molecule has 4 heteroatoms. The third-order valence-corrected chi connectivity index (χ3v) is 8.25. The van der Waals surface area contributed by atoms with Crippen LogP contribution in [0.4, 0.5) is 0 Å². The van der Waals surface area contributed by atoms with Crippen molar-refractivity contribution in [3.05, 3.63) is 59.4 Å². The van der Waals surface area contributed by atoms with E-state index in [4.69, 9.17) is 4.74 Å². The summed E-state index contributed by atoms with van der Waals surface area (Å²) >= 11 is 1.98. The smallest absolute Gasteiger partial charge is 0.313 e. The molecule has 1 aromatic heterocycles. The molecule has 4 aliphatic rings. The molecule has 0 amide bonds. The quantitative estimate of drug-likeness (QED) is 0.845. The molecule has 2 heterocycles. The third kappa shape index (κ3) is 1.49. The molecule has 1 N–H and O–H groups in total. The second kappa shape index (κ2) is 4.92. The van der Waals surface area contributed by atoms with Crippen LogP contribution in [-0.2, 0) is 14.9 Å². The van der Waals surface area contributed by atoms with E-state index in [0.717, 1.165) is 25.0 Å². The Morgan fingerprint density at radius 3 is 2.88 bits per heavy atom. The fourth-order valence-electron chi connectivity index (χ4n) is 5.81. The van der Waals surface area contributed by atoms with Crippen molar-refractivity contribution in [3.63, 3.8) is 0 Å². The number of carbonyl (C=O) groups excluding carboxylic acids is 1. The summed E-state index contributed by atoms with van der Waals surface area (Å²) in [5.41, 5.74) is 3.64. The van der Waals surface area contributed by atoms with Crippen molar-refractivity contribution in [3.8, 4) is 0 Å². The summed E-state index contributed by atoms with van der Waals surface area (Å²) in [4.78, 5) is 16.4. The monoisotopic (exact) mass is 339 g/mol. The molecule has 1 aromatic carbocycles. The SMILES string of the molecule is COC(=O)C12CCSC1C1(c3ccccc3)CCC2c2c[nH]cc21. The van der Waals surface area contributed by atoms with Crippen LogP contribution in [0.15, 0.2) is 42.7 Å². The van der Waals surface area contributed by atoms with E-state index in [9.17, 15) is 4.79 Å². The summed E-state index contributed by atoms with van der Waals surface area (Å²) in [6.45, 7) is 0. The van der Waals surface area contributed by atoms with Crippen LogP contribution in [0.1, 0.15) is 41.9 Å². The first-order valence-electron chi connectivity index (χ1n) is 8.68. The van der Waals surface area contributed by atoms with Crippen molar-refractivity contribution >= 4 is 17.7 Å². The number of esters is 1. The molecule has 0 spiro atoms. The summed E-state index contributed by atoms with van der Waals surface area (Å²) in [5.74, 6) is 1.32. The lowest BCUT2D eigenvalue weighted by Gasteiger charge is -2.58. The molecule has 1 aliphatic heterocycles. The largest absolute Gasteiger partial charge is 0.469 e. The molecule has 3 nitrogen and oxygen atoms in total. The van der Waals surface area contributed by atoms with Crippen molar-refractivity contribution < 1.29 is 9.53 Å². The van der Waals surface area contributed by atoms with Gasteiger partial charge in [-0.25, -0.2) is 0 Å². The third-order valence-electron chi connectivity index (χ3n) is 6.65. The molecule has 4 atom stereocenters. The van der Waals surface area contributed by atoms with Crippen LogP contribution in [0.2, 0.25) is 0 Å². The van der Waals surface area contributed by atoms with Gasteiger partial charge < -0.3 is 9.72 Å². The minimum Gasteiger partial charge on any atom is -0.469 e. The number of hydrogen-bond acceptors (Lipinski definition) is 3. The van der Waals surface area contributed by atoms with Gasteiger partial charge in [0.25, 0.3) is 0 Å². The van der Waals surface area contributed by atoms with Gasteiger partial charge in [-0.05, 0) is 41.7 Å². The number of aromatic amines is 1. The molecule has 1 saturated heterocycles. The van der Waals surface area contributed by atoms with Crippen LogP contribution >= 0.6 is 11.8 Å². The number of H-pyrrole nitrogens is 1. The number of methoxy groups -OCH3 is 1. The first kappa shape index (κ1) is 14.6. The highest BCUT2D eigenvalue weighted by molar-refractivity contribution is 8.00. The average Bonchev–Trinajstić information content (AvgIpc) is 3.31. The fourth-order valence-corrected chi connectivity index (χ4v) is 7.85. The minimum absolute atomic E-state index is 0.00523. The fraction of sp³-hybridized carbons (Fsp3) is 0.450. The van der Waals surface area contributed by atoms with Crippen LogP contribution in [-0.4, -0.2) is 29.1 Å². The minimum atomic E-state index is -0.372. The van der Waals surface area contributed by atoms with Crippen LogP contribution in [0.3, 0.4) is 0 Å². The first-order valence-corrected chi connectivity index (χ1v) is 9.73. The van der Waals surface area contributed by atoms with E-state index in [1.165, 1.54) is 16.7 Å². The Kier molecular flexibility index (Phi) is 3.00. The van der Waals surface area contributed by atoms with E-state index in [-0.39, 0.29) is 28.0 Å². The van der Waals surface area contributed by atoms with Crippen LogP contribution in [0, 0.1) is 5.41 Å². The second-order valence-corrected chi connectivity index (χ2v) is 8.50. The molecule has 124 valence electrons. The van der Waals surface area contributed by atoms with Gasteiger partial charge in [0.15, 0.2) is 0 Å². The molecule has 2 aromatic rings. The van der Waals surface area contributed by atoms with Crippen molar-refractivity contribution in [2.75, 3.05) is 12.9 Å². The summed E-state index contributed by atoms with van der Waals surface area (Å²) in [6, 6.07) is 10.8. The summed E-state index contributed by atoms with van der Waals surface area (Å²) in [6.07, 6.45) is 7.41. The maximum Gasteiger partial charge on any atom is 0.313 e.